The highest BCUT2D eigenvalue weighted by atomic mass is 16.5. The molecule has 0 bridgehead atoms. The van der Waals surface area contributed by atoms with Gasteiger partial charge in [0.2, 0.25) is 0 Å². The van der Waals surface area contributed by atoms with E-state index in [2.05, 4.69) is 167 Å². The van der Waals surface area contributed by atoms with Gasteiger partial charge in [0.1, 0.15) is 23.6 Å². The molecule has 12 rings (SSSR count). The molecule has 0 spiro atoms. The Labute approximate surface area is 334 Å². The summed E-state index contributed by atoms with van der Waals surface area (Å²) in [6, 6.07) is 56.3. The van der Waals surface area contributed by atoms with Gasteiger partial charge in [-0.25, -0.2) is 9.97 Å². The van der Waals surface area contributed by atoms with E-state index in [9.17, 15) is 0 Å². The number of nitrogens with zero attached hydrogens (tertiary/aromatic N) is 5. The molecule has 5 heterocycles. The van der Waals surface area contributed by atoms with Gasteiger partial charge in [-0.2, -0.15) is 0 Å². The second-order valence-corrected chi connectivity index (χ2v) is 16.3. The van der Waals surface area contributed by atoms with Gasteiger partial charge < -0.3 is 9.30 Å². The zero-order chi connectivity index (χ0) is 38.7. The van der Waals surface area contributed by atoms with Crippen LogP contribution in [0.15, 0.2) is 170 Å². The standard InChI is InChI=1S/C52H37N5O/c1-52(2,3)32-26-27-53-48(28-32)56-45-24-25-46-49(38-16-5-4-14-36(38)39-17-11-18-40-37-15-6-8-20-43(37)57(46)51(39)40)50(45)41-23-22-35(30-47(41)56)58-34-13-10-12-33(29-34)55-31-54-42-19-7-9-21-44(42)55/h4-31H,1-3H3. The molecule has 0 saturated heterocycles. The maximum Gasteiger partial charge on any atom is 0.137 e. The maximum atomic E-state index is 6.74. The molecular formula is C52H37N5O. The van der Waals surface area contributed by atoms with Crippen molar-refractivity contribution in [1.29, 1.82) is 0 Å². The first-order valence-corrected chi connectivity index (χ1v) is 19.8. The third kappa shape index (κ3) is 4.72. The fourth-order valence-corrected chi connectivity index (χ4v) is 9.27. The van der Waals surface area contributed by atoms with Crippen molar-refractivity contribution in [2.75, 3.05) is 0 Å². The zero-order valence-electron chi connectivity index (χ0n) is 32.3. The second kappa shape index (κ2) is 12.0. The Balaban J connectivity index is 1.13. The minimum atomic E-state index is -0.0566. The molecule has 1 aliphatic rings. The van der Waals surface area contributed by atoms with Gasteiger partial charge in [-0.05, 0) is 88.8 Å². The number of aromatic nitrogens is 5. The first-order valence-electron chi connectivity index (χ1n) is 19.8. The highest BCUT2D eigenvalue weighted by molar-refractivity contribution is 6.22. The van der Waals surface area contributed by atoms with Crippen LogP contribution in [0.1, 0.15) is 26.3 Å². The van der Waals surface area contributed by atoms with Gasteiger partial charge in [0.05, 0.1) is 44.5 Å². The molecule has 0 unspecified atom stereocenters. The summed E-state index contributed by atoms with van der Waals surface area (Å²) in [6.45, 7) is 6.75. The fourth-order valence-electron chi connectivity index (χ4n) is 9.27. The number of para-hydroxylation sites is 4. The predicted octanol–water partition coefficient (Wildman–Crippen LogP) is 13.4. The molecule has 0 amide bonds. The summed E-state index contributed by atoms with van der Waals surface area (Å²) in [5.74, 6) is 2.36. The van der Waals surface area contributed by atoms with Crippen molar-refractivity contribution in [3.8, 4) is 50.9 Å². The average molecular weight is 748 g/mol. The molecule has 0 fully saturated rings. The quantitative estimate of drug-likeness (QED) is 0.180. The van der Waals surface area contributed by atoms with Crippen molar-refractivity contribution in [2.45, 2.75) is 26.2 Å². The van der Waals surface area contributed by atoms with Gasteiger partial charge in [-0.3, -0.25) is 9.13 Å². The van der Waals surface area contributed by atoms with E-state index in [4.69, 9.17) is 9.72 Å². The number of benzene rings is 7. The number of hydrogen-bond acceptors (Lipinski definition) is 3. The highest BCUT2D eigenvalue weighted by Crippen LogP contribution is 2.51. The monoisotopic (exact) mass is 747 g/mol. The molecule has 276 valence electrons. The number of imidazole rings is 1. The summed E-state index contributed by atoms with van der Waals surface area (Å²) >= 11 is 0. The molecule has 0 aliphatic carbocycles. The van der Waals surface area contributed by atoms with Crippen LogP contribution in [-0.4, -0.2) is 23.7 Å². The van der Waals surface area contributed by atoms with Crippen molar-refractivity contribution in [2.24, 2.45) is 0 Å². The molecule has 58 heavy (non-hydrogen) atoms. The molecule has 0 atom stereocenters. The van der Waals surface area contributed by atoms with Crippen LogP contribution in [0.25, 0.3) is 94.1 Å². The Hall–Kier alpha value is -7.44. The zero-order valence-corrected chi connectivity index (χ0v) is 32.3. The van der Waals surface area contributed by atoms with Crippen LogP contribution in [0.3, 0.4) is 0 Å². The van der Waals surface area contributed by atoms with Gasteiger partial charge in [0.25, 0.3) is 0 Å². The molecule has 7 aromatic carbocycles. The lowest BCUT2D eigenvalue weighted by Crippen LogP contribution is -2.12. The van der Waals surface area contributed by atoms with E-state index in [-0.39, 0.29) is 5.41 Å². The van der Waals surface area contributed by atoms with Crippen LogP contribution in [0.2, 0.25) is 0 Å². The summed E-state index contributed by atoms with van der Waals surface area (Å²) in [4.78, 5) is 9.67. The van der Waals surface area contributed by atoms with Crippen molar-refractivity contribution >= 4 is 54.6 Å². The molecule has 11 aromatic rings. The lowest BCUT2D eigenvalue weighted by Gasteiger charge is -2.20. The summed E-state index contributed by atoms with van der Waals surface area (Å²) in [5, 5.41) is 4.83. The fraction of sp³-hybridized carbons (Fsp3) is 0.0769. The van der Waals surface area contributed by atoms with Gasteiger partial charge in [0, 0.05) is 51.0 Å². The Morgan fingerprint density at radius 2 is 1.28 bits per heavy atom. The molecule has 0 saturated carbocycles. The number of hydrogen-bond donors (Lipinski definition) is 0. The van der Waals surface area contributed by atoms with Crippen LogP contribution in [0, 0.1) is 0 Å². The summed E-state index contributed by atoms with van der Waals surface area (Å²) in [6.07, 6.45) is 3.81. The molecule has 0 radical (unpaired) electrons. The van der Waals surface area contributed by atoms with Crippen LogP contribution in [0.4, 0.5) is 0 Å². The number of fused-ring (bicyclic) bond motifs is 13. The topological polar surface area (TPSA) is 49.8 Å². The predicted molar refractivity (Wildman–Crippen MR) is 237 cm³/mol. The first kappa shape index (κ1) is 32.8. The van der Waals surface area contributed by atoms with E-state index in [1.165, 1.54) is 55.0 Å². The molecule has 6 heteroatoms. The van der Waals surface area contributed by atoms with Gasteiger partial charge in [-0.1, -0.05) is 99.6 Å². The van der Waals surface area contributed by atoms with E-state index in [0.717, 1.165) is 56.1 Å². The Kier molecular flexibility index (Phi) is 6.80. The first-order chi connectivity index (χ1) is 28.4. The van der Waals surface area contributed by atoms with Crippen LogP contribution >= 0.6 is 0 Å². The number of pyridine rings is 1. The van der Waals surface area contributed by atoms with Gasteiger partial charge >= 0.3 is 0 Å². The van der Waals surface area contributed by atoms with Gasteiger partial charge in [-0.15, -0.1) is 0 Å². The number of rotatable bonds is 4. The third-order valence-corrected chi connectivity index (χ3v) is 11.9. The van der Waals surface area contributed by atoms with Gasteiger partial charge in [0.15, 0.2) is 0 Å². The molecule has 4 aromatic heterocycles. The van der Waals surface area contributed by atoms with E-state index in [1.807, 2.05) is 42.9 Å². The van der Waals surface area contributed by atoms with Crippen LogP contribution in [0.5, 0.6) is 11.5 Å². The SMILES string of the molecule is CC(C)(C)c1ccnc(-n2c3cc(Oc4cccc(-n5cnc6ccccc65)c4)ccc3c3c4c(ccc32)-n2c3ccccc3c3cccc(c32)-c2ccccc2-4)c1. The Morgan fingerprint density at radius 3 is 2.17 bits per heavy atom. The largest absolute Gasteiger partial charge is 0.457 e. The third-order valence-electron chi connectivity index (χ3n) is 11.9. The normalized spacial score (nSPS) is 12.4. The summed E-state index contributed by atoms with van der Waals surface area (Å²) in [7, 11) is 0. The second-order valence-electron chi connectivity index (χ2n) is 16.3. The van der Waals surface area contributed by atoms with Crippen LogP contribution < -0.4 is 4.74 Å². The van der Waals surface area contributed by atoms with Crippen molar-refractivity contribution in [1.82, 2.24) is 23.7 Å². The maximum absolute atomic E-state index is 6.74. The molecule has 0 N–H and O–H groups in total. The molecule has 6 nitrogen and oxygen atoms in total. The van der Waals surface area contributed by atoms with E-state index >= 15 is 0 Å². The Morgan fingerprint density at radius 1 is 0.517 bits per heavy atom. The van der Waals surface area contributed by atoms with Crippen molar-refractivity contribution in [3.05, 3.63) is 176 Å². The number of ether oxygens (including phenoxy) is 1. The molecule has 1 aliphatic heterocycles. The molecular weight excluding hydrogens is 711 g/mol. The smallest absolute Gasteiger partial charge is 0.137 e. The van der Waals surface area contributed by atoms with E-state index < -0.39 is 0 Å². The minimum Gasteiger partial charge on any atom is -0.457 e. The summed E-state index contributed by atoms with van der Waals surface area (Å²) in [5.41, 5.74) is 14.7. The minimum absolute atomic E-state index is 0.0566. The van der Waals surface area contributed by atoms with Crippen LogP contribution in [-0.2, 0) is 5.41 Å². The van der Waals surface area contributed by atoms with E-state index in [1.54, 1.807) is 0 Å². The lowest BCUT2D eigenvalue weighted by atomic mass is 9.88. The van der Waals surface area contributed by atoms with E-state index in [0.29, 0.717) is 0 Å². The van der Waals surface area contributed by atoms with Crippen molar-refractivity contribution < 1.29 is 4.74 Å². The van der Waals surface area contributed by atoms with Crippen molar-refractivity contribution in [3.63, 3.8) is 0 Å². The lowest BCUT2D eigenvalue weighted by molar-refractivity contribution is 0.483. The Bertz CT molecular complexity index is 3480. The average Bonchev–Trinajstić information content (AvgIpc) is 3.91. The summed E-state index contributed by atoms with van der Waals surface area (Å²) < 4.78 is 13.7. The highest BCUT2D eigenvalue weighted by Gasteiger charge is 2.28.